The van der Waals surface area contributed by atoms with Crippen LogP contribution in [0.3, 0.4) is 0 Å². The maximum atomic E-state index is 12.9. The smallest absolute Gasteiger partial charge is 0.384 e. The molecule has 0 saturated carbocycles. The Bertz CT molecular complexity index is 1360. The van der Waals surface area contributed by atoms with E-state index in [1.165, 1.54) is 0 Å². The number of hydrogen-bond donors (Lipinski definition) is 3. The van der Waals surface area contributed by atoms with E-state index in [2.05, 4.69) is 20.4 Å². The minimum absolute atomic E-state index is 0.333. The Labute approximate surface area is 197 Å². The summed E-state index contributed by atoms with van der Waals surface area (Å²) in [6.07, 6.45) is -4.30. The number of aromatic nitrogens is 4. The van der Waals surface area contributed by atoms with Gasteiger partial charge in [-0.25, -0.2) is 9.97 Å². The molecule has 0 fully saturated rings. The highest BCUT2D eigenvalue weighted by atomic mass is 35.5. The first kappa shape index (κ1) is 23.5. The van der Waals surface area contributed by atoms with Crippen LogP contribution in [0.25, 0.3) is 10.9 Å². The normalized spacial score (nSPS) is 12.6. The first-order chi connectivity index (χ1) is 16.0. The summed E-state index contributed by atoms with van der Waals surface area (Å²) in [6.45, 7) is 3.70. The standard InChI is InChI=1S/C23H20ClF3N6O/c1-11-7-21(28)29-12(2)15(11)9-17(14-3-5-16-13(8-14)4-6-20(24)30-16)31-22(34)18-10-19(33-32-18)23(25,26)27/h3-8,10,17H,9H2,1-2H3,(H2,28,29)(H,31,34)(H,32,33). The molecule has 1 unspecified atom stereocenters. The third kappa shape index (κ3) is 4.96. The summed E-state index contributed by atoms with van der Waals surface area (Å²) in [4.78, 5) is 21.4. The number of rotatable bonds is 5. The Kier molecular flexibility index (Phi) is 6.18. The van der Waals surface area contributed by atoms with Crippen LogP contribution in [-0.2, 0) is 12.6 Å². The first-order valence-corrected chi connectivity index (χ1v) is 10.6. The molecular formula is C23H20ClF3N6O. The number of aromatic amines is 1. The number of aryl methyl sites for hydroxylation is 2. The molecule has 0 bridgehead atoms. The number of carbonyl (C=O) groups excluding carboxylic acids is 1. The number of benzene rings is 1. The van der Waals surface area contributed by atoms with E-state index in [9.17, 15) is 18.0 Å². The molecule has 3 aromatic heterocycles. The number of anilines is 1. The van der Waals surface area contributed by atoms with Crippen LogP contribution in [0.2, 0.25) is 5.15 Å². The largest absolute Gasteiger partial charge is 0.432 e. The first-order valence-electron chi connectivity index (χ1n) is 10.2. The Morgan fingerprint density at radius 3 is 2.59 bits per heavy atom. The van der Waals surface area contributed by atoms with E-state index in [1.54, 1.807) is 30.3 Å². The van der Waals surface area contributed by atoms with Crippen LogP contribution in [0.5, 0.6) is 0 Å². The lowest BCUT2D eigenvalue weighted by molar-refractivity contribution is -0.141. The second-order valence-electron chi connectivity index (χ2n) is 7.91. The Morgan fingerprint density at radius 1 is 1.15 bits per heavy atom. The molecule has 1 amide bonds. The van der Waals surface area contributed by atoms with Crippen molar-refractivity contribution in [2.24, 2.45) is 0 Å². The zero-order valence-electron chi connectivity index (χ0n) is 18.2. The van der Waals surface area contributed by atoms with Crippen LogP contribution in [0, 0.1) is 13.8 Å². The molecule has 4 aromatic rings. The second-order valence-corrected chi connectivity index (χ2v) is 8.30. The van der Waals surface area contributed by atoms with Crippen molar-refractivity contribution in [2.45, 2.75) is 32.5 Å². The molecule has 7 nitrogen and oxygen atoms in total. The topological polar surface area (TPSA) is 110 Å². The summed E-state index contributed by atoms with van der Waals surface area (Å²) in [6, 6.07) is 10.7. The lowest BCUT2D eigenvalue weighted by Crippen LogP contribution is -2.30. The van der Waals surface area contributed by atoms with E-state index < -0.39 is 23.8 Å². The number of fused-ring (bicyclic) bond motifs is 1. The van der Waals surface area contributed by atoms with Gasteiger partial charge in [-0.15, -0.1) is 0 Å². The van der Waals surface area contributed by atoms with E-state index in [-0.39, 0.29) is 5.69 Å². The van der Waals surface area contributed by atoms with Gasteiger partial charge in [0.1, 0.15) is 16.7 Å². The van der Waals surface area contributed by atoms with Gasteiger partial charge in [-0.05, 0) is 67.3 Å². The zero-order chi connectivity index (χ0) is 24.6. The van der Waals surface area contributed by atoms with Gasteiger partial charge < -0.3 is 11.1 Å². The second kappa shape index (κ2) is 8.94. The van der Waals surface area contributed by atoms with E-state index in [0.717, 1.165) is 22.1 Å². The molecule has 11 heteroatoms. The summed E-state index contributed by atoms with van der Waals surface area (Å²) in [5.41, 5.74) is 8.22. The number of halogens is 4. The summed E-state index contributed by atoms with van der Waals surface area (Å²) in [5, 5.41) is 9.35. The molecule has 4 rings (SSSR count). The summed E-state index contributed by atoms with van der Waals surface area (Å²) in [5.74, 6) is -0.367. The van der Waals surface area contributed by atoms with Gasteiger partial charge >= 0.3 is 6.18 Å². The molecule has 0 radical (unpaired) electrons. The Balaban J connectivity index is 1.71. The van der Waals surface area contributed by atoms with Crippen LogP contribution in [0.4, 0.5) is 19.0 Å². The van der Waals surface area contributed by atoms with Crippen molar-refractivity contribution in [3.8, 4) is 0 Å². The van der Waals surface area contributed by atoms with Crippen molar-refractivity contribution in [1.82, 2.24) is 25.5 Å². The van der Waals surface area contributed by atoms with E-state index in [0.29, 0.717) is 34.7 Å². The van der Waals surface area contributed by atoms with Crippen molar-refractivity contribution in [1.29, 1.82) is 0 Å². The number of H-pyrrole nitrogens is 1. The highest BCUT2D eigenvalue weighted by Gasteiger charge is 2.34. The van der Waals surface area contributed by atoms with Crippen molar-refractivity contribution in [3.05, 3.63) is 81.4 Å². The lowest BCUT2D eigenvalue weighted by Gasteiger charge is -2.21. The average molecular weight is 489 g/mol. The highest BCUT2D eigenvalue weighted by molar-refractivity contribution is 6.29. The van der Waals surface area contributed by atoms with Crippen LogP contribution in [-0.4, -0.2) is 26.1 Å². The predicted octanol–water partition coefficient (Wildman–Crippen LogP) is 4.94. The summed E-state index contributed by atoms with van der Waals surface area (Å²) >= 11 is 5.97. The fraction of sp³-hybridized carbons (Fsp3) is 0.217. The molecule has 4 N–H and O–H groups in total. The number of pyridine rings is 2. The number of nitrogens with zero attached hydrogens (tertiary/aromatic N) is 3. The van der Waals surface area contributed by atoms with Gasteiger partial charge in [0.05, 0.1) is 11.6 Å². The van der Waals surface area contributed by atoms with Crippen molar-refractivity contribution in [3.63, 3.8) is 0 Å². The summed E-state index contributed by atoms with van der Waals surface area (Å²) < 4.78 is 38.8. The van der Waals surface area contributed by atoms with Crippen molar-refractivity contribution in [2.75, 3.05) is 5.73 Å². The third-order valence-electron chi connectivity index (χ3n) is 5.49. The number of nitrogens with one attached hydrogen (secondary N) is 2. The lowest BCUT2D eigenvalue weighted by atomic mass is 9.94. The predicted molar refractivity (Wildman–Crippen MR) is 122 cm³/mol. The van der Waals surface area contributed by atoms with Crippen LogP contribution >= 0.6 is 11.6 Å². The fourth-order valence-electron chi connectivity index (χ4n) is 3.80. The highest BCUT2D eigenvalue weighted by Crippen LogP contribution is 2.29. The summed E-state index contributed by atoms with van der Waals surface area (Å²) in [7, 11) is 0. The van der Waals surface area contributed by atoms with Crippen LogP contribution in [0.15, 0.2) is 42.5 Å². The number of alkyl halides is 3. The number of hydrogen-bond acceptors (Lipinski definition) is 5. The van der Waals surface area contributed by atoms with Gasteiger partial charge in [0.15, 0.2) is 5.69 Å². The Hall–Kier alpha value is -3.66. The minimum Gasteiger partial charge on any atom is -0.384 e. The molecule has 0 aliphatic carbocycles. The molecule has 0 aliphatic heterocycles. The van der Waals surface area contributed by atoms with E-state index in [1.807, 2.05) is 25.0 Å². The van der Waals surface area contributed by atoms with Gasteiger partial charge in [-0.2, -0.15) is 18.3 Å². The molecule has 176 valence electrons. The number of nitrogens with two attached hydrogens (primary N) is 1. The SMILES string of the molecule is Cc1cc(N)nc(C)c1CC(NC(=O)c1cc(C(F)(F)F)[nH]n1)c1ccc2nc(Cl)ccc2c1. The molecule has 34 heavy (non-hydrogen) atoms. The van der Waals surface area contributed by atoms with Crippen molar-refractivity contribution < 1.29 is 18.0 Å². The maximum absolute atomic E-state index is 12.9. The molecule has 0 aliphatic rings. The van der Waals surface area contributed by atoms with E-state index in [4.69, 9.17) is 17.3 Å². The average Bonchev–Trinajstić information content (AvgIpc) is 3.26. The molecule has 3 heterocycles. The molecule has 0 spiro atoms. The van der Waals surface area contributed by atoms with Gasteiger partial charge in [-0.3, -0.25) is 9.89 Å². The van der Waals surface area contributed by atoms with E-state index >= 15 is 0 Å². The number of nitrogen functional groups attached to an aromatic ring is 1. The fourth-order valence-corrected chi connectivity index (χ4v) is 3.96. The van der Waals surface area contributed by atoms with Gasteiger partial charge in [-0.1, -0.05) is 17.7 Å². The number of carbonyl (C=O) groups is 1. The van der Waals surface area contributed by atoms with Gasteiger partial charge in [0, 0.05) is 17.1 Å². The molecule has 1 aromatic carbocycles. The number of amides is 1. The molecule has 1 atom stereocenters. The Morgan fingerprint density at radius 2 is 1.91 bits per heavy atom. The zero-order valence-corrected chi connectivity index (χ0v) is 18.9. The monoisotopic (exact) mass is 488 g/mol. The quantitative estimate of drug-likeness (QED) is 0.345. The van der Waals surface area contributed by atoms with Gasteiger partial charge in [0.2, 0.25) is 0 Å². The molecule has 0 saturated heterocycles. The van der Waals surface area contributed by atoms with Gasteiger partial charge in [0.25, 0.3) is 5.91 Å². The third-order valence-corrected chi connectivity index (χ3v) is 5.70. The molecular weight excluding hydrogens is 469 g/mol. The maximum Gasteiger partial charge on any atom is 0.432 e. The van der Waals surface area contributed by atoms with Crippen LogP contribution < -0.4 is 11.1 Å². The van der Waals surface area contributed by atoms with Crippen LogP contribution in [0.1, 0.15) is 44.6 Å². The minimum atomic E-state index is -4.64. The van der Waals surface area contributed by atoms with Crippen molar-refractivity contribution >= 4 is 34.2 Å².